The lowest BCUT2D eigenvalue weighted by atomic mass is 9.67. The quantitative estimate of drug-likeness (QED) is 0.864. The Bertz CT molecular complexity index is 342. The molecule has 0 aliphatic heterocycles. The summed E-state index contributed by atoms with van der Waals surface area (Å²) in [5, 5.41) is 3.32. The molecule has 0 spiro atoms. The van der Waals surface area contributed by atoms with E-state index >= 15 is 0 Å². The van der Waals surface area contributed by atoms with Crippen molar-refractivity contribution in [2.75, 3.05) is 13.3 Å². The fourth-order valence-corrected chi connectivity index (χ4v) is 2.84. The molecule has 1 fully saturated rings. The number of thiazole rings is 1. The average Bonchev–Trinajstić information content (AvgIpc) is 2.63. The van der Waals surface area contributed by atoms with Gasteiger partial charge in [-0.1, -0.05) is 0 Å². The van der Waals surface area contributed by atoms with Crippen LogP contribution in [-0.2, 0) is 6.54 Å². The second kappa shape index (κ2) is 4.75. The third kappa shape index (κ3) is 2.25. The highest BCUT2D eigenvalue weighted by atomic mass is 32.1. The maximum Gasteiger partial charge on any atom is 0.0976 e. The molecular formula is C11H16F2N2S. The molecule has 2 rings (SSSR count). The number of nitrogens with zero attached hydrogens (tertiary/aromatic N) is 1. The van der Waals surface area contributed by atoms with Crippen molar-refractivity contribution in [1.82, 2.24) is 10.3 Å². The second-order valence-electron chi connectivity index (χ2n) is 4.61. The SMILES string of the molecule is Cc1ncsc1CNC1CC(CF)(CF)C1. The first-order valence-electron chi connectivity index (χ1n) is 5.43. The molecule has 0 aromatic carbocycles. The molecule has 0 amide bonds. The van der Waals surface area contributed by atoms with Crippen molar-refractivity contribution in [2.45, 2.75) is 32.4 Å². The molecule has 0 bridgehead atoms. The van der Waals surface area contributed by atoms with Gasteiger partial charge in [0.1, 0.15) is 0 Å². The van der Waals surface area contributed by atoms with Crippen molar-refractivity contribution in [3.05, 3.63) is 16.1 Å². The lowest BCUT2D eigenvalue weighted by Crippen LogP contribution is -2.51. The predicted molar refractivity (Wildman–Crippen MR) is 61.1 cm³/mol. The number of halogens is 2. The highest BCUT2D eigenvalue weighted by molar-refractivity contribution is 7.09. The fourth-order valence-electron chi connectivity index (χ4n) is 2.12. The van der Waals surface area contributed by atoms with Gasteiger partial charge in [0.05, 0.1) is 24.6 Å². The van der Waals surface area contributed by atoms with Crippen molar-refractivity contribution >= 4 is 11.3 Å². The van der Waals surface area contributed by atoms with Gasteiger partial charge in [0.15, 0.2) is 0 Å². The van der Waals surface area contributed by atoms with Gasteiger partial charge in [-0.2, -0.15) is 0 Å². The van der Waals surface area contributed by atoms with E-state index in [9.17, 15) is 8.78 Å². The van der Waals surface area contributed by atoms with E-state index in [1.54, 1.807) is 11.3 Å². The minimum Gasteiger partial charge on any atom is -0.309 e. The van der Waals surface area contributed by atoms with Crippen molar-refractivity contribution in [2.24, 2.45) is 5.41 Å². The molecule has 5 heteroatoms. The van der Waals surface area contributed by atoms with Crippen LogP contribution in [0.25, 0.3) is 0 Å². The summed E-state index contributed by atoms with van der Waals surface area (Å²) < 4.78 is 25.1. The highest BCUT2D eigenvalue weighted by Gasteiger charge is 2.44. The van der Waals surface area contributed by atoms with E-state index in [2.05, 4.69) is 10.3 Å². The molecule has 1 aliphatic carbocycles. The molecule has 16 heavy (non-hydrogen) atoms. The first-order chi connectivity index (χ1) is 7.69. The van der Waals surface area contributed by atoms with Gasteiger partial charge < -0.3 is 5.32 Å². The Morgan fingerprint density at radius 2 is 2.19 bits per heavy atom. The van der Waals surface area contributed by atoms with Crippen LogP contribution in [0.15, 0.2) is 5.51 Å². The number of nitrogens with one attached hydrogen (secondary N) is 1. The minimum atomic E-state index is -0.680. The lowest BCUT2D eigenvalue weighted by Gasteiger charge is -2.44. The molecule has 1 N–H and O–H groups in total. The molecule has 1 aliphatic rings. The smallest absolute Gasteiger partial charge is 0.0976 e. The van der Waals surface area contributed by atoms with Crippen LogP contribution >= 0.6 is 11.3 Å². The van der Waals surface area contributed by atoms with Gasteiger partial charge in [0.25, 0.3) is 0 Å². The van der Waals surface area contributed by atoms with Gasteiger partial charge in [-0.25, -0.2) is 4.98 Å². The summed E-state index contributed by atoms with van der Waals surface area (Å²) in [6.45, 7) is 1.65. The van der Waals surface area contributed by atoms with Gasteiger partial charge >= 0.3 is 0 Å². The van der Waals surface area contributed by atoms with E-state index < -0.39 is 18.8 Å². The third-order valence-corrected chi connectivity index (χ3v) is 4.26. The monoisotopic (exact) mass is 246 g/mol. The molecule has 1 heterocycles. The van der Waals surface area contributed by atoms with E-state index in [1.807, 2.05) is 12.4 Å². The van der Waals surface area contributed by atoms with E-state index in [0.717, 1.165) is 12.2 Å². The van der Waals surface area contributed by atoms with Crippen LogP contribution in [0.1, 0.15) is 23.4 Å². The molecule has 0 saturated heterocycles. The Hall–Kier alpha value is -0.550. The molecule has 1 saturated carbocycles. The van der Waals surface area contributed by atoms with Crippen LogP contribution in [0, 0.1) is 12.3 Å². The predicted octanol–water partition coefficient (Wildman–Crippen LogP) is 2.63. The van der Waals surface area contributed by atoms with E-state index in [4.69, 9.17) is 0 Å². The number of hydrogen-bond acceptors (Lipinski definition) is 3. The minimum absolute atomic E-state index is 0.257. The molecule has 90 valence electrons. The second-order valence-corrected chi connectivity index (χ2v) is 5.55. The number of hydrogen-bond donors (Lipinski definition) is 1. The summed E-state index contributed by atoms with van der Waals surface area (Å²) in [6, 6.07) is 0.257. The maximum atomic E-state index is 12.6. The third-order valence-electron chi connectivity index (χ3n) is 3.32. The van der Waals surface area contributed by atoms with Crippen molar-refractivity contribution < 1.29 is 8.78 Å². The van der Waals surface area contributed by atoms with Crippen LogP contribution in [0.4, 0.5) is 8.78 Å². The number of aryl methyl sites for hydroxylation is 1. The topological polar surface area (TPSA) is 24.9 Å². The number of alkyl halides is 2. The van der Waals surface area contributed by atoms with Crippen molar-refractivity contribution in [3.63, 3.8) is 0 Å². The van der Waals surface area contributed by atoms with Crippen molar-refractivity contribution in [1.29, 1.82) is 0 Å². The number of aromatic nitrogens is 1. The largest absolute Gasteiger partial charge is 0.309 e. The van der Waals surface area contributed by atoms with Gasteiger partial charge in [-0.3, -0.25) is 8.78 Å². The van der Waals surface area contributed by atoms with Crippen molar-refractivity contribution in [3.8, 4) is 0 Å². The van der Waals surface area contributed by atoms with Gasteiger partial charge in [0.2, 0.25) is 0 Å². The standard InChI is InChI=1S/C11H16F2N2S/c1-8-10(16-7-15-8)4-14-9-2-11(3-9,5-12)6-13/h7,9,14H,2-6H2,1H3. The molecule has 0 atom stereocenters. The summed E-state index contributed by atoms with van der Waals surface area (Å²) in [4.78, 5) is 5.36. The summed E-state index contributed by atoms with van der Waals surface area (Å²) in [5.41, 5.74) is 2.18. The van der Waals surface area contributed by atoms with Gasteiger partial charge in [-0.15, -0.1) is 11.3 Å². The number of rotatable bonds is 5. The zero-order chi connectivity index (χ0) is 11.6. The van der Waals surface area contributed by atoms with E-state index in [0.29, 0.717) is 12.8 Å². The molecule has 0 radical (unpaired) electrons. The zero-order valence-corrected chi connectivity index (χ0v) is 10.1. The fraction of sp³-hybridized carbons (Fsp3) is 0.727. The van der Waals surface area contributed by atoms with E-state index in [-0.39, 0.29) is 6.04 Å². The average molecular weight is 246 g/mol. The van der Waals surface area contributed by atoms with Gasteiger partial charge in [0, 0.05) is 22.9 Å². The molecule has 0 unspecified atom stereocenters. The Morgan fingerprint density at radius 1 is 1.50 bits per heavy atom. The van der Waals surface area contributed by atoms with Crippen LogP contribution in [0.5, 0.6) is 0 Å². The Morgan fingerprint density at radius 3 is 2.69 bits per heavy atom. The highest BCUT2D eigenvalue weighted by Crippen LogP contribution is 2.42. The lowest BCUT2D eigenvalue weighted by molar-refractivity contribution is 0.0244. The maximum absolute atomic E-state index is 12.6. The zero-order valence-electron chi connectivity index (χ0n) is 9.30. The normalized spacial score (nSPS) is 19.7. The Balaban J connectivity index is 1.76. The van der Waals surface area contributed by atoms with Crippen LogP contribution in [-0.4, -0.2) is 24.4 Å². The van der Waals surface area contributed by atoms with Crippen LogP contribution < -0.4 is 5.32 Å². The first-order valence-corrected chi connectivity index (χ1v) is 6.31. The van der Waals surface area contributed by atoms with Gasteiger partial charge in [-0.05, 0) is 19.8 Å². The summed E-state index contributed by atoms with van der Waals surface area (Å²) >= 11 is 1.62. The summed E-state index contributed by atoms with van der Waals surface area (Å²) in [7, 11) is 0. The molecule has 1 aromatic heterocycles. The first kappa shape index (κ1) is 11.9. The summed E-state index contributed by atoms with van der Waals surface area (Å²) in [6.07, 6.45) is 1.22. The Kier molecular flexibility index (Phi) is 3.54. The molecular weight excluding hydrogens is 230 g/mol. The van der Waals surface area contributed by atoms with Crippen LogP contribution in [0.2, 0.25) is 0 Å². The summed E-state index contributed by atoms with van der Waals surface area (Å²) in [5.74, 6) is 0. The molecule has 2 nitrogen and oxygen atoms in total. The van der Waals surface area contributed by atoms with E-state index in [1.165, 1.54) is 4.88 Å². The molecule has 1 aromatic rings. The Labute approximate surface area is 98.1 Å². The van der Waals surface area contributed by atoms with Crippen LogP contribution in [0.3, 0.4) is 0 Å².